The van der Waals surface area contributed by atoms with Gasteiger partial charge in [0.05, 0.1) is 13.2 Å². The molecule has 0 bridgehead atoms. The molecule has 0 spiro atoms. The van der Waals surface area contributed by atoms with Crippen molar-refractivity contribution in [3.05, 3.63) is 59.2 Å². The van der Waals surface area contributed by atoms with Gasteiger partial charge in [-0.2, -0.15) is 0 Å². The number of hydrogen-bond acceptors (Lipinski definition) is 2. The summed E-state index contributed by atoms with van der Waals surface area (Å²) in [6.07, 6.45) is 0. The SMILES string of the molecule is COc1ccc([C@H](C)NC(=S)Nc2ccc(C)cc2C)cc1. The van der Waals surface area contributed by atoms with Crippen LogP contribution in [-0.4, -0.2) is 12.2 Å². The standard InChI is InChI=1S/C18H22N2OS/c1-12-5-10-17(13(2)11-12)20-18(22)19-14(3)15-6-8-16(21-4)9-7-15/h5-11,14H,1-4H3,(H2,19,20,22)/t14-/m0/s1. The van der Waals surface area contributed by atoms with Crippen molar-refractivity contribution in [2.24, 2.45) is 0 Å². The van der Waals surface area contributed by atoms with E-state index >= 15 is 0 Å². The zero-order valence-electron chi connectivity index (χ0n) is 13.4. The van der Waals surface area contributed by atoms with Crippen LogP contribution in [0.3, 0.4) is 0 Å². The van der Waals surface area contributed by atoms with Crippen LogP contribution in [0.25, 0.3) is 0 Å². The Hall–Kier alpha value is -2.07. The highest BCUT2D eigenvalue weighted by molar-refractivity contribution is 7.80. The molecule has 0 aliphatic carbocycles. The zero-order chi connectivity index (χ0) is 16.1. The lowest BCUT2D eigenvalue weighted by atomic mass is 10.1. The van der Waals surface area contributed by atoms with Crippen LogP contribution in [0, 0.1) is 13.8 Å². The fourth-order valence-corrected chi connectivity index (χ4v) is 2.57. The molecule has 4 heteroatoms. The zero-order valence-corrected chi connectivity index (χ0v) is 14.3. The van der Waals surface area contributed by atoms with Crippen LogP contribution in [0.1, 0.15) is 29.7 Å². The van der Waals surface area contributed by atoms with E-state index in [1.54, 1.807) is 7.11 Å². The van der Waals surface area contributed by atoms with Crippen molar-refractivity contribution in [2.45, 2.75) is 26.8 Å². The molecule has 0 radical (unpaired) electrons. The third-order valence-electron chi connectivity index (χ3n) is 3.59. The summed E-state index contributed by atoms with van der Waals surface area (Å²) in [5.41, 5.74) is 4.62. The molecule has 0 saturated carbocycles. The van der Waals surface area contributed by atoms with Crippen LogP contribution in [-0.2, 0) is 0 Å². The van der Waals surface area contributed by atoms with E-state index in [0.29, 0.717) is 5.11 Å². The Morgan fingerprint density at radius 1 is 1.09 bits per heavy atom. The van der Waals surface area contributed by atoms with E-state index < -0.39 is 0 Å². The van der Waals surface area contributed by atoms with Gasteiger partial charge in [-0.25, -0.2) is 0 Å². The van der Waals surface area contributed by atoms with Gasteiger partial charge in [-0.3, -0.25) is 0 Å². The second-order valence-electron chi connectivity index (χ2n) is 5.41. The molecule has 0 unspecified atom stereocenters. The Bertz CT molecular complexity index is 653. The summed E-state index contributed by atoms with van der Waals surface area (Å²) in [6, 6.07) is 14.4. The molecule has 0 aliphatic heterocycles. The van der Waals surface area contributed by atoms with Crippen LogP contribution in [0.15, 0.2) is 42.5 Å². The summed E-state index contributed by atoms with van der Waals surface area (Å²) in [7, 11) is 1.67. The number of nitrogens with one attached hydrogen (secondary N) is 2. The van der Waals surface area contributed by atoms with Gasteiger partial charge in [0, 0.05) is 5.69 Å². The van der Waals surface area contributed by atoms with E-state index in [0.717, 1.165) is 17.0 Å². The number of thiocarbonyl (C=S) groups is 1. The van der Waals surface area contributed by atoms with Crippen molar-refractivity contribution in [2.75, 3.05) is 12.4 Å². The van der Waals surface area contributed by atoms with Crippen molar-refractivity contribution in [3.63, 3.8) is 0 Å². The first-order valence-electron chi connectivity index (χ1n) is 7.28. The number of benzene rings is 2. The maximum absolute atomic E-state index is 5.41. The number of anilines is 1. The minimum atomic E-state index is 0.122. The van der Waals surface area contributed by atoms with E-state index in [1.165, 1.54) is 11.1 Å². The quantitative estimate of drug-likeness (QED) is 0.822. The maximum Gasteiger partial charge on any atom is 0.171 e. The highest BCUT2D eigenvalue weighted by Crippen LogP contribution is 2.19. The first-order chi connectivity index (χ1) is 10.5. The fourth-order valence-electron chi connectivity index (χ4n) is 2.28. The van der Waals surface area contributed by atoms with E-state index in [-0.39, 0.29) is 6.04 Å². The molecule has 0 amide bonds. The van der Waals surface area contributed by atoms with Crippen LogP contribution in [0.4, 0.5) is 5.69 Å². The van der Waals surface area contributed by atoms with Crippen LogP contribution in [0.2, 0.25) is 0 Å². The van der Waals surface area contributed by atoms with Gasteiger partial charge >= 0.3 is 0 Å². The Balaban J connectivity index is 1.98. The lowest BCUT2D eigenvalue weighted by molar-refractivity contribution is 0.414. The summed E-state index contributed by atoms with van der Waals surface area (Å²) < 4.78 is 5.17. The molecule has 1 atom stereocenters. The van der Waals surface area contributed by atoms with Gasteiger partial charge in [-0.05, 0) is 62.3 Å². The van der Waals surface area contributed by atoms with Gasteiger partial charge in [0.25, 0.3) is 0 Å². The molecule has 22 heavy (non-hydrogen) atoms. The van der Waals surface area contributed by atoms with E-state index in [4.69, 9.17) is 17.0 Å². The molecule has 0 fully saturated rings. The van der Waals surface area contributed by atoms with Gasteiger partial charge in [0.1, 0.15) is 5.75 Å². The highest BCUT2D eigenvalue weighted by atomic mass is 32.1. The Labute approximate surface area is 137 Å². The first kappa shape index (κ1) is 16.3. The van der Waals surface area contributed by atoms with E-state index in [9.17, 15) is 0 Å². The molecule has 0 aliphatic rings. The molecular weight excluding hydrogens is 292 g/mol. The predicted molar refractivity (Wildman–Crippen MR) is 96.7 cm³/mol. The van der Waals surface area contributed by atoms with Gasteiger partial charge in [0.2, 0.25) is 0 Å². The molecule has 2 N–H and O–H groups in total. The van der Waals surface area contributed by atoms with E-state index in [1.807, 2.05) is 24.3 Å². The molecule has 2 rings (SSSR count). The number of rotatable bonds is 4. The van der Waals surface area contributed by atoms with Gasteiger partial charge < -0.3 is 15.4 Å². The van der Waals surface area contributed by atoms with Gasteiger partial charge in [-0.15, -0.1) is 0 Å². The second-order valence-corrected chi connectivity index (χ2v) is 5.82. The monoisotopic (exact) mass is 314 g/mol. The first-order valence-corrected chi connectivity index (χ1v) is 7.69. The fraction of sp³-hybridized carbons (Fsp3) is 0.278. The van der Waals surface area contributed by atoms with Crippen molar-refractivity contribution in [3.8, 4) is 5.75 Å². The Kier molecular flexibility index (Phi) is 5.39. The maximum atomic E-state index is 5.41. The van der Waals surface area contributed by atoms with Gasteiger partial charge in [-0.1, -0.05) is 29.8 Å². The highest BCUT2D eigenvalue weighted by Gasteiger charge is 2.08. The second kappa shape index (κ2) is 7.27. The topological polar surface area (TPSA) is 33.3 Å². The molecule has 0 saturated heterocycles. The van der Waals surface area contributed by atoms with Crippen LogP contribution < -0.4 is 15.4 Å². The Morgan fingerprint density at radius 3 is 2.36 bits per heavy atom. The summed E-state index contributed by atoms with van der Waals surface area (Å²) in [4.78, 5) is 0. The van der Waals surface area contributed by atoms with E-state index in [2.05, 4.69) is 49.6 Å². The summed E-state index contributed by atoms with van der Waals surface area (Å²) in [5, 5.41) is 7.18. The molecule has 0 aromatic heterocycles. The summed E-state index contributed by atoms with van der Waals surface area (Å²) in [5.74, 6) is 0.854. The molecule has 3 nitrogen and oxygen atoms in total. The number of hydrogen-bond donors (Lipinski definition) is 2. The number of ether oxygens (including phenoxy) is 1. The van der Waals surface area contributed by atoms with Gasteiger partial charge in [0.15, 0.2) is 5.11 Å². The van der Waals surface area contributed by atoms with Crippen molar-refractivity contribution in [1.29, 1.82) is 0 Å². The third kappa shape index (κ3) is 4.21. The molecule has 0 heterocycles. The van der Waals surface area contributed by atoms with Crippen LogP contribution in [0.5, 0.6) is 5.75 Å². The molecule has 116 valence electrons. The summed E-state index contributed by atoms with van der Waals surface area (Å²) in [6.45, 7) is 6.24. The third-order valence-corrected chi connectivity index (χ3v) is 3.81. The predicted octanol–water partition coefficient (Wildman–Crippen LogP) is 4.36. The normalized spacial score (nSPS) is 11.6. The smallest absolute Gasteiger partial charge is 0.171 e. The van der Waals surface area contributed by atoms with Crippen molar-refractivity contribution < 1.29 is 4.74 Å². The lowest BCUT2D eigenvalue weighted by Crippen LogP contribution is -2.31. The average Bonchev–Trinajstić information content (AvgIpc) is 2.50. The number of methoxy groups -OCH3 is 1. The minimum Gasteiger partial charge on any atom is -0.497 e. The van der Waals surface area contributed by atoms with Crippen molar-refractivity contribution in [1.82, 2.24) is 5.32 Å². The lowest BCUT2D eigenvalue weighted by Gasteiger charge is -2.18. The van der Waals surface area contributed by atoms with Crippen molar-refractivity contribution >= 4 is 23.0 Å². The molecule has 2 aromatic carbocycles. The molecule has 2 aromatic rings. The Morgan fingerprint density at radius 2 is 1.77 bits per heavy atom. The average molecular weight is 314 g/mol. The number of aryl methyl sites for hydroxylation is 2. The molecular formula is C18H22N2OS. The summed E-state index contributed by atoms with van der Waals surface area (Å²) >= 11 is 5.41. The van der Waals surface area contributed by atoms with Crippen LogP contribution >= 0.6 is 12.2 Å². The minimum absolute atomic E-state index is 0.122. The largest absolute Gasteiger partial charge is 0.497 e.